The maximum atomic E-state index is 4.00. The molecule has 1 aromatic heterocycles. The van der Waals surface area contributed by atoms with Crippen molar-refractivity contribution in [1.29, 1.82) is 0 Å². The van der Waals surface area contributed by atoms with Crippen molar-refractivity contribution in [3.05, 3.63) is 18.7 Å². The minimum Gasteiger partial charge on any atom is -0.341 e. The number of nitrogens with one attached hydrogen (secondary N) is 1. The minimum absolute atomic E-state index is 1.25. The molecule has 0 saturated carbocycles. The Morgan fingerprint density at radius 2 is 1.86 bits per heavy atom. The molecule has 1 fully saturated rings. The summed E-state index contributed by atoms with van der Waals surface area (Å²) in [6.07, 6.45) is 17.6. The highest BCUT2D eigenvalue weighted by Crippen LogP contribution is 1.96. The van der Waals surface area contributed by atoms with E-state index in [-0.39, 0.29) is 0 Å². The molecule has 0 aliphatic carbocycles. The maximum absolute atomic E-state index is 4.00. The van der Waals surface area contributed by atoms with Crippen LogP contribution in [-0.2, 0) is 7.05 Å². The topological polar surface area (TPSA) is 29.9 Å². The number of hydrogen-bond donors (Lipinski definition) is 1. The fourth-order valence-electron chi connectivity index (χ4n) is 1.13. The van der Waals surface area contributed by atoms with Gasteiger partial charge >= 0.3 is 0 Å². The van der Waals surface area contributed by atoms with Gasteiger partial charge in [0.1, 0.15) is 0 Å². The first kappa shape index (κ1) is 12.7. The van der Waals surface area contributed by atoms with E-state index < -0.39 is 0 Å². The molecule has 1 saturated heterocycles. The van der Waals surface area contributed by atoms with Gasteiger partial charge in [0.15, 0.2) is 0 Å². The maximum Gasteiger partial charge on any atom is 0.0943 e. The second-order valence-electron chi connectivity index (χ2n) is 3.04. The number of imidazole rings is 1. The fraction of sp³-hybridized carbons (Fsp3) is 0.545. The van der Waals surface area contributed by atoms with Crippen LogP contribution in [0.5, 0.6) is 0 Å². The summed E-state index contributed by atoms with van der Waals surface area (Å²) in [5.74, 6) is 0. The molecular formula is C11H19N3. The molecule has 1 N–H and O–H groups in total. The molecule has 0 amide bonds. The quantitative estimate of drug-likeness (QED) is 0.632. The molecule has 78 valence electrons. The lowest BCUT2D eigenvalue weighted by Crippen LogP contribution is -2.21. The van der Waals surface area contributed by atoms with Crippen molar-refractivity contribution in [2.45, 2.75) is 19.3 Å². The molecule has 0 aromatic carbocycles. The van der Waals surface area contributed by atoms with Gasteiger partial charge in [-0.1, -0.05) is 6.42 Å². The Kier molecular flexibility index (Phi) is 8.92. The van der Waals surface area contributed by atoms with Crippen molar-refractivity contribution in [3.8, 4) is 12.8 Å². The summed E-state index contributed by atoms with van der Waals surface area (Å²) < 4.78 is 1.89. The number of aromatic nitrogens is 2. The van der Waals surface area contributed by atoms with Crippen molar-refractivity contribution in [2.24, 2.45) is 7.05 Å². The van der Waals surface area contributed by atoms with Gasteiger partial charge in [0, 0.05) is 19.4 Å². The first-order chi connectivity index (χ1) is 6.89. The van der Waals surface area contributed by atoms with Gasteiger partial charge in [-0.05, 0) is 25.9 Å². The molecule has 2 heterocycles. The van der Waals surface area contributed by atoms with Gasteiger partial charge in [0.25, 0.3) is 0 Å². The van der Waals surface area contributed by atoms with Crippen molar-refractivity contribution < 1.29 is 0 Å². The van der Waals surface area contributed by atoms with E-state index in [0.717, 1.165) is 0 Å². The summed E-state index contributed by atoms with van der Waals surface area (Å²) >= 11 is 0. The molecular weight excluding hydrogens is 174 g/mol. The average Bonchev–Trinajstić information content (AvgIpc) is 2.76. The number of rotatable bonds is 0. The van der Waals surface area contributed by atoms with Crippen LogP contribution in [0.25, 0.3) is 0 Å². The third kappa shape index (κ3) is 7.38. The SMILES string of the molecule is C#C.C1CCNCC1.Cn1ccnc1. The third-order valence-electron chi connectivity index (χ3n) is 1.84. The Bertz CT molecular complexity index is 198. The number of terminal acetylenes is 1. The van der Waals surface area contributed by atoms with Gasteiger partial charge in [0.05, 0.1) is 6.33 Å². The van der Waals surface area contributed by atoms with E-state index in [4.69, 9.17) is 0 Å². The highest BCUT2D eigenvalue weighted by molar-refractivity contribution is 4.70. The van der Waals surface area contributed by atoms with Gasteiger partial charge in [-0.15, -0.1) is 12.8 Å². The van der Waals surface area contributed by atoms with Crippen molar-refractivity contribution in [3.63, 3.8) is 0 Å². The first-order valence-electron chi connectivity index (χ1n) is 4.85. The van der Waals surface area contributed by atoms with E-state index in [9.17, 15) is 0 Å². The highest BCUT2D eigenvalue weighted by atomic mass is 15.0. The zero-order valence-electron chi connectivity index (χ0n) is 8.82. The lowest BCUT2D eigenvalue weighted by molar-refractivity contribution is 0.520. The summed E-state index contributed by atoms with van der Waals surface area (Å²) in [5, 5.41) is 3.28. The second kappa shape index (κ2) is 9.82. The summed E-state index contributed by atoms with van der Waals surface area (Å²) in [4.78, 5) is 3.78. The minimum atomic E-state index is 1.25. The lowest BCUT2D eigenvalue weighted by Gasteiger charge is -2.08. The predicted octanol–water partition coefficient (Wildman–Crippen LogP) is 1.43. The molecule has 1 aromatic rings. The summed E-state index contributed by atoms with van der Waals surface area (Å²) in [7, 11) is 1.94. The smallest absolute Gasteiger partial charge is 0.0943 e. The van der Waals surface area contributed by atoms with Crippen LogP contribution in [0.3, 0.4) is 0 Å². The van der Waals surface area contributed by atoms with Crippen LogP contribution in [0.2, 0.25) is 0 Å². The van der Waals surface area contributed by atoms with Gasteiger partial charge in [0.2, 0.25) is 0 Å². The van der Waals surface area contributed by atoms with Crippen LogP contribution >= 0.6 is 0 Å². The zero-order chi connectivity index (χ0) is 10.6. The number of aryl methyl sites for hydroxylation is 1. The van der Waals surface area contributed by atoms with E-state index in [0.29, 0.717) is 0 Å². The Hall–Kier alpha value is -1.27. The molecule has 0 unspecified atom stereocenters. The van der Waals surface area contributed by atoms with Crippen molar-refractivity contribution in [1.82, 2.24) is 14.9 Å². The largest absolute Gasteiger partial charge is 0.341 e. The van der Waals surface area contributed by atoms with Crippen molar-refractivity contribution >= 4 is 0 Å². The van der Waals surface area contributed by atoms with E-state index in [1.807, 2.05) is 17.8 Å². The molecule has 14 heavy (non-hydrogen) atoms. The monoisotopic (exact) mass is 193 g/mol. The molecule has 0 bridgehead atoms. The van der Waals surface area contributed by atoms with Crippen LogP contribution in [0, 0.1) is 12.8 Å². The summed E-state index contributed by atoms with van der Waals surface area (Å²) in [6, 6.07) is 0. The molecule has 1 aliphatic rings. The molecule has 0 radical (unpaired) electrons. The van der Waals surface area contributed by atoms with E-state index in [1.54, 1.807) is 12.5 Å². The summed E-state index contributed by atoms with van der Waals surface area (Å²) in [6.45, 7) is 2.50. The molecule has 3 heteroatoms. The lowest BCUT2D eigenvalue weighted by atomic mass is 10.2. The van der Waals surface area contributed by atoms with Gasteiger partial charge < -0.3 is 9.88 Å². The van der Waals surface area contributed by atoms with Crippen LogP contribution in [0.4, 0.5) is 0 Å². The van der Waals surface area contributed by atoms with Crippen LogP contribution in [0.1, 0.15) is 19.3 Å². The number of nitrogens with zero attached hydrogens (tertiary/aromatic N) is 2. The van der Waals surface area contributed by atoms with E-state index in [2.05, 4.69) is 23.1 Å². The van der Waals surface area contributed by atoms with Crippen LogP contribution < -0.4 is 5.32 Å². The Morgan fingerprint density at radius 3 is 2.00 bits per heavy atom. The average molecular weight is 193 g/mol. The van der Waals surface area contributed by atoms with Crippen LogP contribution in [0.15, 0.2) is 18.7 Å². The molecule has 3 nitrogen and oxygen atoms in total. The van der Waals surface area contributed by atoms with Gasteiger partial charge in [-0.25, -0.2) is 4.98 Å². The predicted molar refractivity (Wildman–Crippen MR) is 59.8 cm³/mol. The normalized spacial score (nSPS) is 14.2. The Labute approximate surface area is 86.5 Å². The van der Waals surface area contributed by atoms with Crippen LogP contribution in [-0.4, -0.2) is 22.6 Å². The Morgan fingerprint density at radius 1 is 1.21 bits per heavy atom. The van der Waals surface area contributed by atoms with Gasteiger partial charge in [-0.3, -0.25) is 0 Å². The molecule has 2 rings (SSSR count). The number of piperidine rings is 1. The van der Waals surface area contributed by atoms with E-state index in [1.165, 1.54) is 32.4 Å². The first-order valence-corrected chi connectivity index (χ1v) is 4.85. The van der Waals surface area contributed by atoms with Crippen molar-refractivity contribution in [2.75, 3.05) is 13.1 Å². The Balaban J connectivity index is 0.000000206. The van der Waals surface area contributed by atoms with Gasteiger partial charge in [-0.2, -0.15) is 0 Å². The summed E-state index contributed by atoms with van der Waals surface area (Å²) in [5.41, 5.74) is 0. The third-order valence-corrected chi connectivity index (χ3v) is 1.84. The second-order valence-corrected chi connectivity index (χ2v) is 3.04. The van der Waals surface area contributed by atoms with E-state index >= 15 is 0 Å². The standard InChI is InChI=1S/C5H11N.C4H6N2.C2H2/c1-2-4-6-5-3-1;1-6-3-2-5-4-6;1-2/h6H,1-5H2;2-4H,1H3;1-2H. The zero-order valence-corrected chi connectivity index (χ0v) is 8.82. The molecule has 0 spiro atoms. The highest BCUT2D eigenvalue weighted by Gasteiger charge is 1.93. The fourth-order valence-corrected chi connectivity index (χ4v) is 1.13. The number of hydrogen-bond acceptors (Lipinski definition) is 2. The molecule has 1 aliphatic heterocycles. The molecule has 0 atom stereocenters.